The quantitative estimate of drug-likeness (QED) is 0.704. The molecular weight excluding hydrogens is 429 g/mol. The summed E-state index contributed by atoms with van der Waals surface area (Å²) in [5.74, 6) is -2.76. The van der Waals surface area contributed by atoms with Crippen LogP contribution in [0.4, 0.5) is 13.2 Å². The highest BCUT2D eigenvalue weighted by Gasteiger charge is 2.40. The molecule has 0 saturated carbocycles. The molecule has 0 unspecified atom stereocenters. The number of carbonyl (C=O) groups is 2. The Bertz CT molecular complexity index is 772. The van der Waals surface area contributed by atoms with Gasteiger partial charge in [-0.05, 0) is 31.7 Å². The van der Waals surface area contributed by atoms with E-state index in [1.54, 1.807) is 19.0 Å². The molecule has 1 aromatic rings. The summed E-state index contributed by atoms with van der Waals surface area (Å²) < 4.78 is 43.5. The van der Waals surface area contributed by atoms with Crippen LogP contribution in [0.1, 0.15) is 30.4 Å². The number of carbonyl (C=O) groups excluding carboxylic acids is 1. The minimum atomic E-state index is -5.08. The van der Waals surface area contributed by atoms with Crippen molar-refractivity contribution < 1.29 is 37.3 Å². The van der Waals surface area contributed by atoms with Crippen molar-refractivity contribution in [3.63, 3.8) is 0 Å². The molecule has 2 saturated heterocycles. The van der Waals surface area contributed by atoms with Crippen LogP contribution in [-0.4, -0.2) is 85.1 Å². The molecule has 2 aliphatic heterocycles. The van der Waals surface area contributed by atoms with Crippen LogP contribution < -0.4 is 0 Å². The summed E-state index contributed by atoms with van der Waals surface area (Å²) in [4.78, 5) is 24.6. The number of hydrogen-bond donors (Lipinski definition) is 1. The molecule has 0 radical (unpaired) electrons. The van der Waals surface area contributed by atoms with E-state index in [0.29, 0.717) is 18.8 Å². The molecule has 0 spiro atoms. The molecule has 2 aliphatic rings. The SMILES string of the molecule is Cc1cccc(CN2CC[C@@H]3O[C@@H](COCC(=O)N(C)C)CC[C@@H]32)c1.O=C(O)C(F)(F)F. The molecular formula is C22H31F3N2O5. The highest BCUT2D eigenvalue weighted by Crippen LogP contribution is 2.32. The van der Waals surface area contributed by atoms with Crippen LogP contribution in [0.2, 0.25) is 0 Å². The van der Waals surface area contributed by atoms with Crippen molar-refractivity contribution in [2.75, 3.05) is 33.9 Å². The molecule has 10 heteroatoms. The molecule has 1 amide bonds. The van der Waals surface area contributed by atoms with Crippen molar-refractivity contribution in [1.29, 1.82) is 0 Å². The number of nitrogens with zero attached hydrogens (tertiary/aromatic N) is 2. The second-order valence-electron chi connectivity index (χ2n) is 8.30. The van der Waals surface area contributed by atoms with E-state index in [4.69, 9.17) is 19.4 Å². The number of carboxylic acid groups (broad SMARTS) is 1. The van der Waals surface area contributed by atoms with Crippen LogP contribution in [0.5, 0.6) is 0 Å². The Kier molecular flexibility index (Phi) is 9.47. The first-order chi connectivity index (χ1) is 15.0. The number of likely N-dealkylation sites (N-methyl/N-ethyl adjacent to an activating group) is 1. The molecule has 1 aromatic carbocycles. The number of likely N-dealkylation sites (tertiary alicyclic amines) is 1. The minimum Gasteiger partial charge on any atom is -0.475 e. The van der Waals surface area contributed by atoms with Gasteiger partial charge >= 0.3 is 12.1 Å². The van der Waals surface area contributed by atoms with E-state index in [2.05, 4.69) is 36.1 Å². The van der Waals surface area contributed by atoms with Gasteiger partial charge in [-0.3, -0.25) is 9.69 Å². The summed E-state index contributed by atoms with van der Waals surface area (Å²) in [6.45, 7) is 4.90. The smallest absolute Gasteiger partial charge is 0.475 e. The molecule has 0 aromatic heterocycles. The Morgan fingerprint density at radius 1 is 1.25 bits per heavy atom. The number of aryl methyl sites for hydroxylation is 1. The maximum Gasteiger partial charge on any atom is 0.490 e. The number of carboxylic acids is 1. The average Bonchev–Trinajstić information content (AvgIpc) is 3.09. The Morgan fingerprint density at radius 2 is 1.94 bits per heavy atom. The maximum atomic E-state index is 11.6. The first-order valence-corrected chi connectivity index (χ1v) is 10.5. The topological polar surface area (TPSA) is 79.3 Å². The van der Waals surface area contributed by atoms with Crippen LogP contribution in [0.25, 0.3) is 0 Å². The second kappa shape index (κ2) is 11.6. The number of benzene rings is 1. The van der Waals surface area contributed by atoms with Crippen LogP contribution in [0.3, 0.4) is 0 Å². The van der Waals surface area contributed by atoms with Gasteiger partial charge in [0.2, 0.25) is 5.91 Å². The number of rotatable bonds is 6. The van der Waals surface area contributed by atoms with Gasteiger partial charge < -0.3 is 19.5 Å². The van der Waals surface area contributed by atoms with Gasteiger partial charge in [0.25, 0.3) is 0 Å². The van der Waals surface area contributed by atoms with E-state index in [1.807, 2.05) is 0 Å². The predicted molar refractivity (Wildman–Crippen MR) is 111 cm³/mol. The Balaban J connectivity index is 0.000000451. The molecule has 2 heterocycles. The van der Waals surface area contributed by atoms with Crippen LogP contribution >= 0.6 is 0 Å². The normalized spacial score (nSPS) is 23.1. The summed E-state index contributed by atoms with van der Waals surface area (Å²) in [6.07, 6.45) is -1.43. The third-order valence-electron chi connectivity index (χ3n) is 5.49. The molecule has 0 bridgehead atoms. The number of fused-ring (bicyclic) bond motifs is 1. The fourth-order valence-electron chi connectivity index (χ4n) is 3.86. The highest BCUT2D eigenvalue weighted by atomic mass is 19.4. The summed E-state index contributed by atoms with van der Waals surface area (Å²) in [6, 6.07) is 9.28. The summed E-state index contributed by atoms with van der Waals surface area (Å²) in [5, 5.41) is 7.12. The number of alkyl halides is 3. The minimum absolute atomic E-state index is 0.00104. The van der Waals surface area contributed by atoms with Crippen LogP contribution in [0.15, 0.2) is 24.3 Å². The standard InChI is InChI=1S/C20H30N2O3.C2HF3O2/c1-15-5-4-6-16(11-15)12-22-10-9-19-18(22)8-7-17(25-19)13-24-14-20(23)21(2)3;3-2(4,5)1(6)7/h4-6,11,17-19H,7-10,12-14H2,1-3H3;(H,6,7)/t17-,18+,19+;/m1./s1. The Hall–Kier alpha value is -2.17. The zero-order valence-electron chi connectivity index (χ0n) is 18.6. The van der Waals surface area contributed by atoms with Crippen molar-refractivity contribution in [3.8, 4) is 0 Å². The number of amides is 1. The molecule has 180 valence electrons. The first-order valence-electron chi connectivity index (χ1n) is 10.5. The zero-order valence-corrected chi connectivity index (χ0v) is 18.6. The van der Waals surface area contributed by atoms with Crippen molar-refractivity contribution in [1.82, 2.24) is 9.80 Å². The molecule has 0 aliphatic carbocycles. The van der Waals surface area contributed by atoms with E-state index in [-0.39, 0.29) is 18.6 Å². The Morgan fingerprint density at radius 3 is 2.53 bits per heavy atom. The van der Waals surface area contributed by atoms with Crippen LogP contribution in [-0.2, 0) is 25.6 Å². The molecule has 1 N–H and O–H groups in total. The van der Waals surface area contributed by atoms with Crippen LogP contribution in [0, 0.1) is 6.92 Å². The molecule has 3 atom stereocenters. The van der Waals surface area contributed by atoms with Crippen molar-refractivity contribution in [2.45, 2.75) is 57.2 Å². The number of halogens is 3. The lowest BCUT2D eigenvalue weighted by molar-refractivity contribution is -0.192. The van der Waals surface area contributed by atoms with Gasteiger partial charge in [0, 0.05) is 33.2 Å². The van der Waals surface area contributed by atoms with E-state index in [1.165, 1.54) is 11.1 Å². The lowest BCUT2D eigenvalue weighted by Crippen LogP contribution is -2.43. The summed E-state index contributed by atoms with van der Waals surface area (Å²) in [7, 11) is 3.49. The second-order valence-corrected chi connectivity index (χ2v) is 8.30. The van der Waals surface area contributed by atoms with E-state index < -0.39 is 12.1 Å². The number of hydrogen-bond acceptors (Lipinski definition) is 5. The van der Waals surface area contributed by atoms with Crippen molar-refractivity contribution in [2.24, 2.45) is 0 Å². The summed E-state index contributed by atoms with van der Waals surface area (Å²) >= 11 is 0. The highest BCUT2D eigenvalue weighted by molar-refractivity contribution is 5.76. The Labute approximate surface area is 186 Å². The van der Waals surface area contributed by atoms with E-state index >= 15 is 0 Å². The first kappa shape index (κ1) is 26.1. The van der Waals surface area contributed by atoms with Crippen molar-refractivity contribution in [3.05, 3.63) is 35.4 Å². The van der Waals surface area contributed by atoms with Gasteiger partial charge in [-0.25, -0.2) is 4.79 Å². The lowest BCUT2D eigenvalue weighted by Gasteiger charge is -2.36. The van der Waals surface area contributed by atoms with Gasteiger partial charge in [-0.2, -0.15) is 13.2 Å². The third kappa shape index (κ3) is 8.07. The average molecular weight is 460 g/mol. The molecule has 7 nitrogen and oxygen atoms in total. The zero-order chi connectivity index (χ0) is 23.9. The lowest BCUT2D eigenvalue weighted by atomic mass is 9.99. The predicted octanol–water partition coefficient (Wildman–Crippen LogP) is 2.86. The largest absolute Gasteiger partial charge is 0.490 e. The van der Waals surface area contributed by atoms with Gasteiger partial charge in [0.1, 0.15) is 6.61 Å². The van der Waals surface area contributed by atoms with Gasteiger partial charge in [-0.15, -0.1) is 0 Å². The van der Waals surface area contributed by atoms with Gasteiger partial charge in [-0.1, -0.05) is 29.8 Å². The fourth-order valence-corrected chi connectivity index (χ4v) is 3.86. The van der Waals surface area contributed by atoms with Gasteiger partial charge in [0.05, 0.1) is 18.8 Å². The van der Waals surface area contributed by atoms with Crippen molar-refractivity contribution >= 4 is 11.9 Å². The van der Waals surface area contributed by atoms with Gasteiger partial charge in [0.15, 0.2) is 0 Å². The molecule has 3 rings (SSSR count). The monoisotopic (exact) mass is 460 g/mol. The number of aliphatic carboxylic acids is 1. The number of ether oxygens (including phenoxy) is 2. The molecule has 32 heavy (non-hydrogen) atoms. The molecule has 2 fully saturated rings. The summed E-state index contributed by atoms with van der Waals surface area (Å²) in [5.41, 5.74) is 2.70. The van der Waals surface area contributed by atoms with E-state index in [0.717, 1.165) is 32.4 Å². The van der Waals surface area contributed by atoms with E-state index in [9.17, 15) is 18.0 Å². The maximum absolute atomic E-state index is 11.6. The third-order valence-corrected chi connectivity index (χ3v) is 5.49. The fraction of sp³-hybridized carbons (Fsp3) is 0.636.